The molecule has 8 nitrogen and oxygen atoms in total. The third-order valence-electron chi connectivity index (χ3n) is 5.92. The summed E-state index contributed by atoms with van der Waals surface area (Å²) in [6.07, 6.45) is 1.73. The number of carbonyl (C=O) groups excluding carboxylic acids is 3. The van der Waals surface area contributed by atoms with Gasteiger partial charge in [-0.05, 0) is 42.7 Å². The highest BCUT2D eigenvalue weighted by Crippen LogP contribution is 2.30. The Hall–Kier alpha value is -3.27. The van der Waals surface area contributed by atoms with E-state index in [4.69, 9.17) is 0 Å². The van der Waals surface area contributed by atoms with Crippen LogP contribution in [0.2, 0.25) is 0 Å². The van der Waals surface area contributed by atoms with Crippen LogP contribution in [-0.4, -0.2) is 54.5 Å². The van der Waals surface area contributed by atoms with Crippen molar-refractivity contribution in [2.45, 2.75) is 57.0 Å². The molecule has 1 heterocycles. The van der Waals surface area contributed by atoms with Gasteiger partial charge in [-0.15, -0.1) is 0 Å². The molecule has 1 aliphatic rings. The van der Waals surface area contributed by atoms with Crippen molar-refractivity contribution in [1.82, 2.24) is 14.5 Å². The van der Waals surface area contributed by atoms with Crippen LogP contribution in [0, 0.1) is 5.82 Å². The van der Waals surface area contributed by atoms with E-state index >= 15 is 0 Å². The molecule has 0 spiro atoms. The number of fused-ring (bicyclic) bond motifs is 1. The summed E-state index contributed by atoms with van der Waals surface area (Å²) < 4.78 is 39.7. The lowest BCUT2D eigenvalue weighted by atomic mass is 10.1. The molecule has 0 saturated heterocycles. The minimum atomic E-state index is -4.05. The first-order valence-electron chi connectivity index (χ1n) is 11.7. The molecule has 1 N–H and O–H groups in total. The zero-order valence-corrected chi connectivity index (χ0v) is 20.7. The third kappa shape index (κ3) is 5.87. The number of hydrogen-bond acceptors (Lipinski definition) is 5. The van der Waals surface area contributed by atoms with Gasteiger partial charge in [0.05, 0.1) is 5.56 Å². The van der Waals surface area contributed by atoms with Gasteiger partial charge in [-0.3, -0.25) is 14.4 Å². The SMILES string of the molecule is CCCCNC(=O)C(CC)N(Cc1ccc(F)cc1)C(=O)CCN1C(=O)c2ccccc2S1(=O)=O. The fourth-order valence-electron chi connectivity index (χ4n) is 4.01. The molecule has 1 unspecified atom stereocenters. The number of carbonyl (C=O) groups is 3. The lowest BCUT2D eigenvalue weighted by Gasteiger charge is -2.31. The fourth-order valence-corrected chi connectivity index (χ4v) is 5.57. The minimum Gasteiger partial charge on any atom is -0.354 e. The van der Waals surface area contributed by atoms with Gasteiger partial charge in [0.25, 0.3) is 15.9 Å². The Bertz CT molecular complexity index is 1180. The smallest absolute Gasteiger partial charge is 0.269 e. The number of sulfonamides is 1. The van der Waals surface area contributed by atoms with E-state index in [0.29, 0.717) is 22.8 Å². The highest BCUT2D eigenvalue weighted by molar-refractivity contribution is 7.90. The van der Waals surface area contributed by atoms with Crippen LogP contribution in [0.1, 0.15) is 55.5 Å². The summed E-state index contributed by atoms with van der Waals surface area (Å²) in [5.41, 5.74) is 0.696. The highest BCUT2D eigenvalue weighted by Gasteiger charge is 2.41. The fraction of sp³-hybridized carbons (Fsp3) is 0.400. The Kier molecular flexibility index (Phi) is 8.61. The van der Waals surface area contributed by atoms with Crippen LogP contribution in [0.15, 0.2) is 53.4 Å². The molecular formula is C25H30FN3O5S. The minimum absolute atomic E-state index is 0.0414. The first-order chi connectivity index (χ1) is 16.7. The highest BCUT2D eigenvalue weighted by atomic mass is 32.2. The van der Waals surface area contributed by atoms with Crippen molar-refractivity contribution in [2.24, 2.45) is 0 Å². The Morgan fingerprint density at radius 2 is 1.77 bits per heavy atom. The summed E-state index contributed by atoms with van der Waals surface area (Å²) in [6, 6.07) is 10.7. The van der Waals surface area contributed by atoms with Gasteiger partial charge < -0.3 is 10.2 Å². The van der Waals surface area contributed by atoms with Gasteiger partial charge in [0, 0.05) is 26.1 Å². The van der Waals surface area contributed by atoms with Crippen LogP contribution in [0.4, 0.5) is 4.39 Å². The second-order valence-corrected chi connectivity index (χ2v) is 10.2. The Morgan fingerprint density at radius 3 is 2.40 bits per heavy atom. The maximum Gasteiger partial charge on any atom is 0.269 e. The number of hydrogen-bond donors (Lipinski definition) is 1. The van der Waals surface area contributed by atoms with Crippen molar-refractivity contribution in [2.75, 3.05) is 13.1 Å². The molecule has 1 atom stereocenters. The lowest BCUT2D eigenvalue weighted by Crippen LogP contribution is -2.49. The summed E-state index contributed by atoms with van der Waals surface area (Å²) in [6.45, 7) is 3.95. The number of amides is 3. The molecule has 3 rings (SSSR count). The number of benzene rings is 2. The Labute approximate surface area is 205 Å². The second kappa shape index (κ2) is 11.4. The standard InChI is InChI=1S/C25H30FN3O5S/c1-3-5-15-27-24(31)21(4-2)28(17-18-10-12-19(26)13-11-18)23(30)14-16-29-25(32)20-8-6-7-9-22(20)35(29,33)34/h6-13,21H,3-5,14-17H2,1-2H3,(H,27,31). The summed E-state index contributed by atoms with van der Waals surface area (Å²) >= 11 is 0. The molecule has 10 heteroatoms. The predicted octanol–water partition coefficient (Wildman–Crippen LogP) is 3.08. The Morgan fingerprint density at radius 1 is 1.09 bits per heavy atom. The molecule has 0 fully saturated rings. The van der Waals surface area contributed by atoms with Gasteiger partial charge in [0.1, 0.15) is 16.8 Å². The average molecular weight is 504 g/mol. The molecule has 0 aliphatic carbocycles. The van der Waals surface area contributed by atoms with Crippen LogP contribution >= 0.6 is 0 Å². The predicted molar refractivity (Wildman–Crippen MR) is 128 cm³/mol. The van der Waals surface area contributed by atoms with Gasteiger partial charge >= 0.3 is 0 Å². The maximum atomic E-state index is 13.4. The zero-order chi connectivity index (χ0) is 25.6. The van der Waals surface area contributed by atoms with Crippen molar-refractivity contribution < 1.29 is 27.2 Å². The average Bonchev–Trinajstić information content (AvgIpc) is 3.04. The van der Waals surface area contributed by atoms with E-state index in [0.717, 1.165) is 12.8 Å². The quantitative estimate of drug-likeness (QED) is 0.475. The second-order valence-electron chi connectivity index (χ2n) is 8.35. The van der Waals surface area contributed by atoms with Gasteiger partial charge in [-0.1, -0.05) is 44.5 Å². The van der Waals surface area contributed by atoms with E-state index in [1.54, 1.807) is 13.0 Å². The molecule has 1 aliphatic heterocycles. The molecule has 0 radical (unpaired) electrons. The first kappa shape index (κ1) is 26.3. The monoisotopic (exact) mass is 503 g/mol. The number of unbranched alkanes of at least 4 members (excludes halogenated alkanes) is 1. The molecule has 0 aromatic heterocycles. The van der Waals surface area contributed by atoms with Crippen LogP contribution in [0.3, 0.4) is 0 Å². The van der Waals surface area contributed by atoms with Crippen molar-refractivity contribution in [3.05, 3.63) is 65.5 Å². The van der Waals surface area contributed by atoms with E-state index in [-0.39, 0.29) is 35.9 Å². The topological polar surface area (TPSA) is 104 Å². The van der Waals surface area contributed by atoms with Crippen molar-refractivity contribution in [3.8, 4) is 0 Å². The molecule has 35 heavy (non-hydrogen) atoms. The van der Waals surface area contributed by atoms with Crippen LogP contribution in [0.5, 0.6) is 0 Å². The van der Waals surface area contributed by atoms with Crippen LogP contribution in [0.25, 0.3) is 0 Å². The molecule has 0 bridgehead atoms. The van der Waals surface area contributed by atoms with Crippen LogP contribution in [-0.2, 0) is 26.2 Å². The van der Waals surface area contributed by atoms with E-state index < -0.39 is 33.7 Å². The van der Waals surface area contributed by atoms with Gasteiger partial charge in [0.15, 0.2) is 0 Å². The normalized spacial score (nSPS) is 14.9. The van der Waals surface area contributed by atoms with Crippen molar-refractivity contribution >= 4 is 27.7 Å². The third-order valence-corrected chi connectivity index (χ3v) is 7.76. The number of rotatable bonds is 11. The lowest BCUT2D eigenvalue weighted by molar-refractivity contribution is -0.141. The summed E-state index contributed by atoms with van der Waals surface area (Å²) in [5.74, 6) is -1.89. The molecule has 0 saturated carbocycles. The van der Waals surface area contributed by atoms with Crippen molar-refractivity contribution in [1.29, 1.82) is 0 Å². The zero-order valence-electron chi connectivity index (χ0n) is 19.9. The first-order valence-corrected chi connectivity index (χ1v) is 13.1. The molecule has 3 amide bonds. The van der Waals surface area contributed by atoms with E-state index in [2.05, 4.69) is 5.32 Å². The molecule has 2 aromatic carbocycles. The number of halogens is 1. The van der Waals surface area contributed by atoms with E-state index in [1.165, 1.54) is 47.4 Å². The van der Waals surface area contributed by atoms with E-state index in [9.17, 15) is 27.2 Å². The van der Waals surface area contributed by atoms with Crippen LogP contribution < -0.4 is 5.32 Å². The van der Waals surface area contributed by atoms with Gasteiger partial charge in [0.2, 0.25) is 11.8 Å². The maximum absolute atomic E-state index is 13.4. The summed E-state index contributed by atoms with van der Waals surface area (Å²) in [4.78, 5) is 40.2. The molecule has 2 aromatic rings. The van der Waals surface area contributed by atoms with E-state index in [1.807, 2.05) is 6.92 Å². The number of nitrogens with one attached hydrogen (secondary N) is 1. The van der Waals surface area contributed by atoms with Gasteiger partial charge in [-0.2, -0.15) is 0 Å². The van der Waals surface area contributed by atoms with Gasteiger partial charge in [-0.25, -0.2) is 17.1 Å². The summed E-state index contributed by atoms with van der Waals surface area (Å²) in [5, 5.41) is 2.84. The Balaban J connectivity index is 1.80. The largest absolute Gasteiger partial charge is 0.354 e. The molecular weight excluding hydrogens is 473 g/mol. The number of nitrogens with zero attached hydrogens (tertiary/aromatic N) is 2. The molecule has 188 valence electrons. The van der Waals surface area contributed by atoms with Crippen molar-refractivity contribution in [3.63, 3.8) is 0 Å². The summed E-state index contributed by atoms with van der Waals surface area (Å²) in [7, 11) is -4.05.